The van der Waals surface area contributed by atoms with Crippen LogP contribution < -0.4 is 19.5 Å². The van der Waals surface area contributed by atoms with Gasteiger partial charge in [0.25, 0.3) is 0 Å². The highest BCUT2D eigenvalue weighted by molar-refractivity contribution is 8.00. The number of methoxy groups -OCH3 is 1. The maximum absolute atomic E-state index is 12.8. The van der Waals surface area contributed by atoms with Crippen LogP contribution in [-0.2, 0) is 11.3 Å². The van der Waals surface area contributed by atoms with Crippen molar-refractivity contribution in [1.29, 1.82) is 0 Å². The van der Waals surface area contributed by atoms with Crippen LogP contribution in [0.25, 0.3) is 11.4 Å². The lowest BCUT2D eigenvalue weighted by atomic mass is 10.2. The van der Waals surface area contributed by atoms with Crippen molar-refractivity contribution in [3.8, 4) is 28.6 Å². The van der Waals surface area contributed by atoms with Gasteiger partial charge in [0.2, 0.25) is 12.7 Å². The van der Waals surface area contributed by atoms with Crippen molar-refractivity contribution >= 4 is 23.4 Å². The maximum Gasteiger partial charge on any atom is 0.237 e. The lowest BCUT2D eigenvalue weighted by molar-refractivity contribution is -0.115. The second kappa shape index (κ2) is 9.95. The molecule has 0 spiro atoms. The molecule has 4 rings (SSSR count). The normalized spacial score (nSPS) is 13.1. The van der Waals surface area contributed by atoms with Gasteiger partial charge in [0.05, 0.1) is 12.4 Å². The smallest absolute Gasteiger partial charge is 0.237 e. The molecule has 0 aliphatic carbocycles. The SMILES string of the molecule is CCCCn1c(SC(C)C(=O)Nc2ccc3c(c2)OCO3)nnc1-c1ccc(OC)cc1. The first kappa shape index (κ1) is 22.0. The van der Waals surface area contributed by atoms with Gasteiger partial charge in [0.1, 0.15) is 5.75 Å². The lowest BCUT2D eigenvalue weighted by Gasteiger charge is -2.14. The number of carbonyl (C=O) groups excluding carboxylic acids is 1. The van der Waals surface area contributed by atoms with Crippen molar-refractivity contribution in [1.82, 2.24) is 14.8 Å². The van der Waals surface area contributed by atoms with Gasteiger partial charge < -0.3 is 24.1 Å². The maximum atomic E-state index is 12.8. The van der Waals surface area contributed by atoms with Gasteiger partial charge >= 0.3 is 0 Å². The van der Waals surface area contributed by atoms with Crippen LogP contribution in [0.2, 0.25) is 0 Å². The number of unbranched alkanes of at least 4 members (excludes halogenated alkanes) is 1. The summed E-state index contributed by atoms with van der Waals surface area (Å²) in [6, 6.07) is 13.1. The second-order valence-electron chi connectivity index (χ2n) is 7.36. The van der Waals surface area contributed by atoms with Crippen molar-refractivity contribution < 1.29 is 19.0 Å². The van der Waals surface area contributed by atoms with E-state index in [4.69, 9.17) is 14.2 Å². The molecule has 2 heterocycles. The molecule has 1 amide bonds. The molecule has 168 valence electrons. The molecule has 2 aromatic carbocycles. The van der Waals surface area contributed by atoms with Gasteiger partial charge in [0, 0.05) is 23.9 Å². The fourth-order valence-corrected chi connectivity index (χ4v) is 4.15. The lowest BCUT2D eigenvalue weighted by Crippen LogP contribution is -2.23. The number of benzene rings is 2. The van der Waals surface area contributed by atoms with Gasteiger partial charge in [-0.15, -0.1) is 10.2 Å². The molecule has 0 fully saturated rings. The second-order valence-corrected chi connectivity index (χ2v) is 8.67. The van der Waals surface area contributed by atoms with Crippen molar-refractivity contribution in [2.45, 2.75) is 43.6 Å². The number of hydrogen-bond donors (Lipinski definition) is 1. The van der Waals surface area contributed by atoms with E-state index < -0.39 is 0 Å². The fourth-order valence-electron chi connectivity index (χ4n) is 3.28. The number of nitrogens with zero attached hydrogens (tertiary/aromatic N) is 3. The van der Waals surface area contributed by atoms with E-state index in [-0.39, 0.29) is 18.0 Å². The predicted molar refractivity (Wildman–Crippen MR) is 123 cm³/mol. The predicted octanol–water partition coefficient (Wildman–Crippen LogP) is 4.60. The third-order valence-corrected chi connectivity index (χ3v) is 6.17. The third kappa shape index (κ3) is 4.83. The molecule has 1 N–H and O–H groups in total. The van der Waals surface area contributed by atoms with E-state index in [9.17, 15) is 4.79 Å². The summed E-state index contributed by atoms with van der Waals surface area (Å²) in [6.45, 7) is 4.98. The van der Waals surface area contributed by atoms with Gasteiger partial charge in [-0.25, -0.2) is 0 Å². The number of ether oxygens (including phenoxy) is 3. The summed E-state index contributed by atoms with van der Waals surface area (Å²) < 4.78 is 18.0. The Labute approximate surface area is 191 Å². The number of rotatable bonds is 9. The molecule has 0 bridgehead atoms. The molecular formula is C23H26N4O4S. The summed E-state index contributed by atoms with van der Waals surface area (Å²) >= 11 is 1.39. The third-order valence-electron chi connectivity index (χ3n) is 5.09. The average Bonchev–Trinajstić information content (AvgIpc) is 3.44. The Bertz CT molecular complexity index is 1080. The molecule has 1 atom stereocenters. The highest BCUT2D eigenvalue weighted by Crippen LogP contribution is 2.35. The van der Waals surface area contributed by atoms with Crippen LogP contribution >= 0.6 is 11.8 Å². The first-order chi connectivity index (χ1) is 15.6. The fraction of sp³-hybridized carbons (Fsp3) is 0.348. The van der Waals surface area contributed by atoms with Gasteiger partial charge in [-0.05, 0) is 49.7 Å². The van der Waals surface area contributed by atoms with Gasteiger partial charge in [-0.1, -0.05) is 25.1 Å². The highest BCUT2D eigenvalue weighted by Gasteiger charge is 2.22. The molecular weight excluding hydrogens is 428 g/mol. The van der Waals surface area contributed by atoms with E-state index in [1.165, 1.54) is 11.8 Å². The summed E-state index contributed by atoms with van der Waals surface area (Å²) in [6.07, 6.45) is 2.04. The number of aromatic nitrogens is 3. The Morgan fingerprint density at radius 3 is 2.72 bits per heavy atom. The van der Waals surface area contributed by atoms with E-state index >= 15 is 0 Å². The largest absolute Gasteiger partial charge is 0.497 e. The minimum absolute atomic E-state index is 0.120. The summed E-state index contributed by atoms with van der Waals surface area (Å²) in [7, 11) is 1.64. The molecule has 0 radical (unpaired) electrons. The van der Waals surface area contributed by atoms with Crippen LogP contribution in [0.5, 0.6) is 17.2 Å². The van der Waals surface area contributed by atoms with Gasteiger partial charge in [0.15, 0.2) is 22.5 Å². The number of carbonyl (C=O) groups is 1. The minimum Gasteiger partial charge on any atom is -0.497 e. The summed E-state index contributed by atoms with van der Waals surface area (Å²) in [5.41, 5.74) is 1.62. The minimum atomic E-state index is -0.367. The van der Waals surface area contributed by atoms with E-state index in [1.54, 1.807) is 25.3 Å². The van der Waals surface area contributed by atoms with Crippen LogP contribution in [0.15, 0.2) is 47.6 Å². The van der Waals surface area contributed by atoms with E-state index in [0.717, 1.165) is 41.7 Å². The highest BCUT2D eigenvalue weighted by atomic mass is 32.2. The van der Waals surface area contributed by atoms with Crippen LogP contribution in [-0.4, -0.2) is 39.8 Å². The zero-order valence-corrected chi connectivity index (χ0v) is 19.1. The van der Waals surface area contributed by atoms with Crippen LogP contribution in [0, 0.1) is 0 Å². The Kier molecular flexibility index (Phi) is 6.84. The van der Waals surface area contributed by atoms with E-state index in [2.05, 4.69) is 27.0 Å². The summed E-state index contributed by atoms with van der Waals surface area (Å²) in [5.74, 6) is 2.76. The Hall–Kier alpha value is -3.20. The van der Waals surface area contributed by atoms with Crippen LogP contribution in [0.3, 0.4) is 0 Å². The zero-order valence-electron chi connectivity index (χ0n) is 18.3. The molecule has 1 unspecified atom stereocenters. The quantitative estimate of drug-likeness (QED) is 0.473. The van der Waals surface area contributed by atoms with E-state index in [0.29, 0.717) is 17.2 Å². The average molecular weight is 455 g/mol. The molecule has 32 heavy (non-hydrogen) atoms. The summed E-state index contributed by atoms with van der Waals surface area (Å²) in [5, 5.41) is 12.1. The van der Waals surface area contributed by atoms with Gasteiger partial charge in [-0.3, -0.25) is 4.79 Å². The number of hydrogen-bond acceptors (Lipinski definition) is 7. The number of anilines is 1. The van der Waals surface area contributed by atoms with Crippen molar-refractivity contribution in [2.24, 2.45) is 0 Å². The van der Waals surface area contributed by atoms with Crippen molar-refractivity contribution in [2.75, 3.05) is 19.2 Å². The molecule has 9 heteroatoms. The number of thioether (sulfide) groups is 1. The molecule has 1 aromatic heterocycles. The number of fused-ring (bicyclic) bond motifs is 1. The Balaban J connectivity index is 1.49. The van der Waals surface area contributed by atoms with Crippen molar-refractivity contribution in [3.63, 3.8) is 0 Å². The molecule has 1 aliphatic rings. The Morgan fingerprint density at radius 1 is 1.19 bits per heavy atom. The van der Waals surface area contributed by atoms with Crippen molar-refractivity contribution in [3.05, 3.63) is 42.5 Å². The first-order valence-electron chi connectivity index (χ1n) is 10.5. The topological polar surface area (TPSA) is 87.5 Å². The molecule has 0 saturated heterocycles. The van der Waals surface area contributed by atoms with Gasteiger partial charge in [-0.2, -0.15) is 0 Å². The molecule has 0 saturated carbocycles. The standard InChI is InChI=1S/C23H26N4O4S/c1-4-5-12-27-21(16-6-9-18(29-3)10-7-16)25-26-23(27)32-15(2)22(28)24-17-8-11-19-20(13-17)31-14-30-19/h6-11,13,15H,4-5,12,14H2,1-3H3,(H,24,28). The summed E-state index contributed by atoms with van der Waals surface area (Å²) in [4.78, 5) is 12.8. The monoisotopic (exact) mass is 454 g/mol. The molecule has 1 aliphatic heterocycles. The van der Waals surface area contributed by atoms with Crippen LogP contribution in [0.1, 0.15) is 26.7 Å². The number of amides is 1. The molecule has 8 nitrogen and oxygen atoms in total. The first-order valence-corrected chi connectivity index (χ1v) is 11.4. The van der Waals surface area contributed by atoms with E-state index in [1.807, 2.05) is 31.2 Å². The number of nitrogens with one attached hydrogen (secondary N) is 1. The zero-order chi connectivity index (χ0) is 22.5. The Morgan fingerprint density at radius 2 is 1.97 bits per heavy atom. The van der Waals surface area contributed by atoms with Crippen LogP contribution in [0.4, 0.5) is 5.69 Å². The molecule has 3 aromatic rings.